The van der Waals surface area contributed by atoms with E-state index >= 15 is 0 Å². The zero-order chi connectivity index (χ0) is 14.5. The highest BCUT2D eigenvalue weighted by molar-refractivity contribution is 5.92. The summed E-state index contributed by atoms with van der Waals surface area (Å²) in [4.78, 5) is 12.3. The van der Waals surface area contributed by atoms with Crippen LogP contribution in [-0.4, -0.2) is 5.91 Å². The van der Waals surface area contributed by atoms with E-state index in [1.807, 2.05) is 6.92 Å². The van der Waals surface area contributed by atoms with Gasteiger partial charge in [0.2, 0.25) is 5.91 Å². The molecule has 1 atom stereocenters. The molecule has 20 heavy (non-hydrogen) atoms. The fraction of sp³-hybridized carbons (Fsp3) is 0.529. The number of benzene rings is 1. The third-order valence-corrected chi connectivity index (χ3v) is 4.46. The molecule has 0 saturated heterocycles. The number of hydrogen-bond donors (Lipinski definition) is 1. The second kappa shape index (κ2) is 6.56. The minimum absolute atomic E-state index is 0.0538. The van der Waals surface area contributed by atoms with Gasteiger partial charge in [0.05, 0.1) is 11.6 Å². The van der Waals surface area contributed by atoms with Gasteiger partial charge in [0.15, 0.2) is 0 Å². The molecular weight excluding hydrogens is 248 g/mol. The van der Waals surface area contributed by atoms with Gasteiger partial charge in [-0.1, -0.05) is 26.7 Å². The van der Waals surface area contributed by atoms with E-state index in [4.69, 9.17) is 5.26 Å². The normalized spacial score (nSPS) is 23.6. The summed E-state index contributed by atoms with van der Waals surface area (Å²) in [5, 5.41) is 11.7. The van der Waals surface area contributed by atoms with Crippen LogP contribution in [0, 0.1) is 29.1 Å². The highest BCUT2D eigenvalue weighted by Gasteiger charge is 2.27. The molecule has 1 aromatic rings. The number of carbonyl (C=O) groups is 1. The molecular formula is C17H22N2O. The molecule has 2 rings (SSSR count). The standard InChI is InChI=1S/C17H22N2O/c1-12-3-7-15(8-4-12)13(2)17(20)19-16-9-5-14(11-18)6-10-16/h5-6,9-10,12-13,15H,3-4,7-8H2,1-2H3,(H,19,20)/t12?,13-,15?/m1/s1. The van der Waals surface area contributed by atoms with Gasteiger partial charge in [-0.3, -0.25) is 4.79 Å². The number of nitrogens with zero attached hydrogens (tertiary/aromatic N) is 1. The van der Waals surface area contributed by atoms with Gasteiger partial charge in [0, 0.05) is 11.6 Å². The van der Waals surface area contributed by atoms with Gasteiger partial charge < -0.3 is 5.32 Å². The van der Waals surface area contributed by atoms with Crippen molar-refractivity contribution in [1.29, 1.82) is 5.26 Å². The van der Waals surface area contributed by atoms with Crippen LogP contribution < -0.4 is 5.32 Å². The van der Waals surface area contributed by atoms with Crippen LogP contribution in [0.2, 0.25) is 0 Å². The largest absolute Gasteiger partial charge is 0.326 e. The van der Waals surface area contributed by atoms with E-state index in [-0.39, 0.29) is 11.8 Å². The Hall–Kier alpha value is -1.82. The van der Waals surface area contributed by atoms with Crippen LogP contribution in [0.25, 0.3) is 0 Å². The summed E-state index contributed by atoms with van der Waals surface area (Å²) in [6.07, 6.45) is 4.78. The van der Waals surface area contributed by atoms with E-state index in [2.05, 4.69) is 18.3 Å². The smallest absolute Gasteiger partial charge is 0.227 e. The maximum absolute atomic E-state index is 12.3. The van der Waals surface area contributed by atoms with Crippen LogP contribution in [-0.2, 0) is 4.79 Å². The van der Waals surface area contributed by atoms with Crippen LogP contribution in [0.1, 0.15) is 45.1 Å². The molecule has 0 spiro atoms. The maximum Gasteiger partial charge on any atom is 0.227 e. The Balaban J connectivity index is 1.91. The summed E-state index contributed by atoms with van der Waals surface area (Å²) in [5.74, 6) is 1.46. The van der Waals surface area contributed by atoms with Crippen molar-refractivity contribution in [3.8, 4) is 6.07 Å². The summed E-state index contributed by atoms with van der Waals surface area (Å²) in [5.41, 5.74) is 1.38. The predicted molar refractivity (Wildman–Crippen MR) is 80.1 cm³/mol. The zero-order valence-electron chi connectivity index (χ0n) is 12.2. The maximum atomic E-state index is 12.3. The summed E-state index contributed by atoms with van der Waals surface area (Å²) < 4.78 is 0. The first-order valence-corrected chi connectivity index (χ1v) is 7.41. The number of nitrogens with one attached hydrogen (secondary N) is 1. The highest BCUT2D eigenvalue weighted by Crippen LogP contribution is 2.33. The summed E-state index contributed by atoms with van der Waals surface area (Å²) in [7, 11) is 0. The molecule has 3 nitrogen and oxygen atoms in total. The van der Waals surface area contributed by atoms with Gasteiger partial charge in [0.25, 0.3) is 0 Å². The van der Waals surface area contributed by atoms with Crippen molar-refractivity contribution in [2.45, 2.75) is 39.5 Å². The van der Waals surface area contributed by atoms with E-state index in [1.165, 1.54) is 12.8 Å². The van der Waals surface area contributed by atoms with Crippen molar-refractivity contribution >= 4 is 11.6 Å². The molecule has 0 aromatic heterocycles. The Bertz CT molecular complexity index is 493. The van der Waals surface area contributed by atoms with Crippen LogP contribution in [0.5, 0.6) is 0 Å². The van der Waals surface area contributed by atoms with Gasteiger partial charge in [-0.2, -0.15) is 5.26 Å². The minimum atomic E-state index is 0.0538. The van der Waals surface area contributed by atoms with E-state index in [1.54, 1.807) is 24.3 Å². The van der Waals surface area contributed by atoms with E-state index in [0.717, 1.165) is 24.4 Å². The molecule has 0 unspecified atom stereocenters. The lowest BCUT2D eigenvalue weighted by molar-refractivity contribution is -0.121. The van der Waals surface area contributed by atoms with E-state index in [9.17, 15) is 4.79 Å². The first kappa shape index (κ1) is 14.6. The Morgan fingerprint density at radius 1 is 1.25 bits per heavy atom. The molecule has 1 aliphatic carbocycles. The summed E-state index contributed by atoms with van der Waals surface area (Å²) in [6.45, 7) is 4.32. The van der Waals surface area contributed by atoms with Gasteiger partial charge in [0.1, 0.15) is 0 Å². The average Bonchev–Trinajstić information content (AvgIpc) is 2.48. The van der Waals surface area contributed by atoms with Crippen LogP contribution in [0.3, 0.4) is 0 Å². The Kier molecular flexibility index (Phi) is 4.79. The first-order chi connectivity index (χ1) is 9.60. The number of amides is 1. The van der Waals surface area contributed by atoms with Crippen LogP contribution in [0.15, 0.2) is 24.3 Å². The van der Waals surface area contributed by atoms with Crippen molar-refractivity contribution in [3.05, 3.63) is 29.8 Å². The topological polar surface area (TPSA) is 52.9 Å². The van der Waals surface area contributed by atoms with Crippen molar-refractivity contribution in [1.82, 2.24) is 0 Å². The Labute approximate surface area is 121 Å². The SMILES string of the molecule is CC1CCC([C@@H](C)C(=O)Nc2ccc(C#N)cc2)CC1. The molecule has 1 saturated carbocycles. The third kappa shape index (κ3) is 3.60. The van der Waals surface area contributed by atoms with Gasteiger partial charge >= 0.3 is 0 Å². The molecule has 0 heterocycles. The predicted octanol–water partition coefficient (Wildman–Crippen LogP) is 3.96. The molecule has 1 amide bonds. The van der Waals surface area contributed by atoms with Crippen molar-refractivity contribution in [3.63, 3.8) is 0 Å². The average molecular weight is 270 g/mol. The molecule has 1 aliphatic rings. The number of carbonyl (C=O) groups excluding carboxylic acids is 1. The lowest BCUT2D eigenvalue weighted by Gasteiger charge is -2.30. The molecule has 0 aliphatic heterocycles. The minimum Gasteiger partial charge on any atom is -0.326 e. The summed E-state index contributed by atoms with van der Waals surface area (Å²) >= 11 is 0. The molecule has 0 radical (unpaired) electrons. The van der Waals surface area contributed by atoms with E-state index in [0.29, 0.717) is 11.5 Å². The molecule has 3 heteroatoms. The molecule has 1 N–H and O–H groups in total. The van der Waals surface area contributed by atoms with E-state index < -0.39 is 0 Å². The fourth-order valence-corrected chi connectivity index (χ4v) is 2.88. The fourth-order valence-electron chi connectivity index (χ4n) is 2.88. The Morgan fingerprint density at radius 2 is 1.85 bits per heavy atom. The lowest BCUT2D eigenvalue weighted by atomic mass is 9.76. The summed E-state index contributed by atoms with van der Waals surface area (Å²) in [6, 6.07) is 9.09. The quantitative estimate of drug-likeness (QED) is 0.903. The van der Waals surface area contributed by atoms with Gasteiger partial charge in [-0.25, -0.2) is 0 Å². The first-order valence-electron chi connectivity index (χ1n) is 7.41. The molecule has 1 aromatic carbocycles. The van der Waals surface area contributed by atoms with Crippen molar-refractivity contribution in [2.24, 2.45) is 17.8 Å². The van der Waals surface area contributed by atoms with Crippen LogP contribution >= 0.6 is 0 Å². The molecule has 0 bridgehead atoms. The molecule has 1 fully saturated rings. The van der Waals surface area contributed by atoms with Crippen molar-refractivity contribution < 1.29 is 4.79 Å². The zero-order valence-corrected chi connectivity index (χ0v) is 12.2. The van der Waals surface area contributed by atoms with Gasteiger partial charge in [-0.05, 0) is 48.9 Å². The molecule has 106 valence electrons. The van der Waals surface area contributed by atoms with Crippen molar-refractivity contribution in [2.75, 3.05) is 5.32 Å². The second-order valence-corrected chi connectivity index (χ2v) is 5.99. The van der Waals surface area contributed by atoms with Gasteiger partial charge in [-0.15, -0.1) is 0 Å². The third-order valence-electron chi connectivity index (χ3n) is 4.46. The number of nitriles is 1. The number of hydrogen-bond acceptors (Lipinski definition) is 2. The number of rotatable bonds is 3. The second-order valence-electron chi connectivity index (χ2n) is 5.99. The highest BCUT2D eigenvalue weighted by atomic mass is 16.1. The Morgan fingerprint density at radius 3 is 2.40 bits per heavy atom. The lowest BCUT2D eigenvalue weighted by Crippen LogP contribution is -2.29. The monoisotopic (exact) mass is 270 g/mol. The van der Waals surface area contributed by atoms with Crippen LogP contribution in [0.4, 0.5) is 5.69 Å². The number of anilines is 1.